The topological polar surface area (TPSA) is 137 Å². The van der Waals surface area contributed by atoms with Gasteiger partial charge < -0.3 is 20.9 Å². The number of carbonyl (C=O) groups is 1. The van der Waals surface area contributed by atoms with E-state index in [1.54, 1.807) is 28.6 Å². The fourth-order valence-electron chi connectivity index (χ4n) is 4.46. The molecule has 1 atom stereocenters. The van der Waals surface area contributed by atoms with Gasteiger partial charge in [0.15, 0.2) is 5.82 Å². The summed E-state index contributed by atoms with van der Waals surface area (Å²) >= 11 is 1.50. The van der Waals surface area contributed by atoms with E-state index in [1.807, 2.05) is 51.5 Å². The number of hydrogen-bond donors (Lipinski definition) is 4. The van der Waals surface area contributed by atoms with Crippen LogP contribution in [0.2, 0.25) is 0 Å². The molecule has 0 spiro atoms. The second kappa shape index (κ2) is 12.6. The van der Waals surface area contributed by atoms with Crippen LogP contribution in [-0.4, -0.2) is 49.4 Å². The third-order valence-electron chi connectivity index (χ3n) is 6.28. The van der Waals surface area contributed by atoms with Gasteiger partial charge in [0.2, 0.25) is 0 Å². The Morgan fingerprint density at radius 3 is 2.80 bits per heavy atom. The zero-order chi connectivity index (χ0) is 28.8. The van der Waals surface area contributed by atoms with E-state index in [1.165, 1.54) is 16.6 Å². The average Bonchev–Trinajstić information content (AvgIpc) is 3.47. The molecule has 3 aromatic heterocycles. The first-order chi connectivity index (χ1) is 19.2. The van der Waals surface area contributed by atoms with E-state index in [0.29, 0.717) is 41.3 Å². The third kappa shape index (κ3) is 6.06. The van der Waals surface area contributed by atoms with Crippen LogP contribution in [0.25, 0.3) is 10.8 Å². The highest BCUT2D eigenvalue weighted by Crippen LogP contribution is 2.24. The number of aryl methyl sites for hydroxylation is 2. The van der Waals surface area contributed by atoms with Crippen molar-refractivity contribution in [1.82, 2.24) is 34.2 Å². The first-order valence-corrected chi connectivity index (χ1v) is 13.7. The monoisotopic (exact) mass is 559 g/mol. The average molecular weight is 560 g/mol. The molecule has 5 N–H and O–H groups in total. The summed E-state index contributed by atoms with van der Waals surface area (Å²) in [4.78, 5) is 27.4. The van der Waals surface area contributed by atoms with Gasteiger partial charge in [-0.3, -0.25) is 23.7 Å². The molecule has 4 aromatic rings. The number of fused-ring (bicyclic) bond motifs is 1. The maximum absolute atomic E-state index is 14.0. The zero-order valence-electron chi connectivity index (χ0n) is 23.0. The zero-order valence-corrected chi connectivity index (χ0v) is 23.8. The summed E-state index contributed by atoms with van der Waals surface area (Å²) in [7, 11) is 5.37. The van der Waals surface area contributed by atoms with Crippen LogP contribution in [0, 0.1) is 11.8 Å². The van der Waals surface area contributed by atoms with Gasteiger partial charge >= 0.3 is 0 Å². The van der Waals surface area contributed by atoms with E-state index in [-0.39, 0.29) is 16.9 Å². The smallest absolute Gasteiger partial charge is 0.259 e. The number of amides is 1. The van der Waals surface area contributed by atoms with Crippen LogP contribution in [0.5, 0.6) is 0 Å². The molecule has 0 saturated carbocycles. The van der Waals surface area contributed by atoms with Crippen molar-refractivity contribution in [2.24, 2.45) is 14.1 Å². The van der Waals surface area contributed by atoms with Crippen molar-refractivity contribution in [1.29, 1.82) is 0 Å². The van der Waals surface area contributed by atoms with Gasteiger partial charge in [-0.15, -0.1) is 6.58 Å². The molecule has 1 amide bonds. The molecule has 11 nitrogen and oxygen atoms in total. The number of pyridine rings is 1. The van der Waals surface area contributed by atoms with Gasteiger partial charge in [0.1, 0.15) is 11.4 Å². The van der Waals surface area contributed by atoms with Gasteiger partial charge in [0.25, 0.3) is 11.5 Å². The third-order valence-corrected chi connectivity index (χ3v) is 6.96. The normalized spacial score (nSPS) is 11.6. The molecule has 0 fully saturated rings. The van der Waals surface area contributed by atoms with Crippen molar-refractivity contribution in [3.63, 3.8) is 0 Å². The highest BCUT2D eigenvalue weighted by Gasteiger charge is 2.24. The van der Waals surface area contributed by atoms with Crippen molar-refractivity contribution in [2.75, 3.05) is 30.4 Å². The Labute approximate surface area is 236 Å². The summed E-state index contributed by atoms with van der Waals surface area (Å²) in [5, 5.41) is 15.7. The summed E-state index contributed by atoms with van der Waals surface area (Å²) in [5.41, 5.74) is 8.21. The SMILES string of the molecule is C=CCNc1c(C(=O)NC(C)c2cc3cccc(C#Cc4cnn(C)c4)c3c(=O)n2CCSNC)c(N)nn1C. The van der Waals surface area contributed by atoms with Crippen molar-refractivity contribution in [3.8, 4) is 11.8 Å². The molecule has 0 aliphatic heterocycles. The Morgan fingerprint density at radius 1 is 1.30 bits per heavy atom. The van der Waals surface area contributed by atoms with Crippen molar-refractivity contribution < 1.29 is 4.79 Å². The summed E-state index contributed by atoms with van der Waals surface area (Å²) in [6.07, 6.45) is 5.18. The molecule has 1 aromatic carbocycles. The molecule has 1 unspecified atom stereocenters. The minimum absolute atomic E-state index is 0.108. The molecule has 208 valence electrons. The van der Waals surface area contributed by atoms with Crippen molar-refractivity contribution in [3.05, 3.63) is 82.1 Å². The van der Waals surface area contributed by atoms with Gasteiger partial charge in [0.05, 0.1) is 23.2 Å². The molecular formula is C28H33N9O2S. The van der Waals surface area contributed by atoms with Gasteiger partial charge in [0, 0.05) is 50.4 Å². The first kappa shape index (κ1) is 28.5. The number of nitrogens with zero attached hydrogens (tertiary/aromatic N) is 5. The van der Waals surface area contributed by atoms with Crippen LogP contribution in [-0.2, 0) is 20.6 Å². The fourth-order valence-corrected chi connectivity index (χ4v) is 4.94. The molecule has 0 aliphatic rings. The van der Waals surface area contributed by atoms with E-state index < -0.39 is 11.9 Å². The molecule has 0 aliphatic carbocycles. The lowest BCUT2D eigenvalue weighted by molar-refractivity contribution is 0.0940. The molecular weight excluding hydrogens is 526 g/mol. The lowest BCUT2D eigenvalue weighted by atomic mass is 10.0. The Balaban J connectivity index is 1.75. The summed E-state index contributed by atoms with van der Waals surface area (Å²) in [6, 6.07) is 7.02. The highest BCUT2D eigenvalue weighted by atomic mass is 32.2. The van der Waals surface area contributed by atoms with Crippen LogP contribution in [0.4, 0.5) is 11.6 Å². The number of rotatable bonds is 10. The number of nitrogens with two attached hydrogens (primary N) is 1. The fraction of sp³-hybridized carbons (Fsp3) is 0.286. The van der Waals surface area contributed by atoms with E-state index in [0.717, 1.165) is 10.9 Å². The molecule has 0 saturated heterocycles. The summed E-state index contributed by atoms with van der Waals surface area (Å²) in [6.45, 7) is 6.42. The highest BCUT2D eigenvalue weighted by molar-refractivity contribution is 7.97. The Morgan fingerprint density at radius 2 is 2.10 bits per heavy atom. The van der Waals surface area contributed by atoms with Crippen LogP contribution >= 0.6 is 11.9 Å². The number of hydrogen-bond acceptors (Lipinski definition) is 8. The molecule has 0 bridgehead atoms. The Kier molecular flexibility index (Phi) is 8.98. The minimum atomic E-state index is -0.513. The Hall–Kier alpha value is -4.47. The van der Waals surface area contributed by atoms with Crippen LogP contribution in [0.1, 0.15) is 40.1 Å². The van der Waals surface area contributed by atoms with Crippen LogP contribution < -0.4 is 26.6 Å². The maximum Gasteiger partial charge on any atom is 0.259 e. The van der Waals surface area contributed by atoms with Gasteiger partial charge in [-0.05, 0) is 31.5 Å². The van der Waals surface area contributed by atoms with E-state index in [4.69, 9.17) is 5.73 Å². The van der Waals surface area contributed by atoms with Gasteiger partial charge in [-0.25, -0.2) is 0 Å². The first-order valence-electron chi connectivity index (χ1n) is 12.7. The molecule has 3 heterocycles. The van der Waals surface area contributed by atoms with E-state index >= 15 is 0 Å². The number of nitrogen functional groups attached to an aromatic ring is 1. The second-order valence-electron chi connectivity index (χ2n) is 9.10. The lowest BCUT2D eigenvalue weighted by Gasteiger charge is -2.21. The predicted molar refractivity (Wildman–Crippen MR) is 161 cm³/mol. The van der Waals surface area contributed by atoms with Gasteiger partial charge in [-0.1, -0.05) is 42.0 Å². The standard InChI is InChI=1S/C28H33N9O2S/c1-6-12-31-26-24(25(29)34-36(26)5)27(38)33-18(2)22-15-21-9-7-8-20(11-10-19-16-32-35(4)17-19)23(21)28(39)37(22)13-14-40-30-3/h6-9,15-18,30-31H,1,12-14H2,2-5H3,(H2,29,34)(H,33,38). The number of anilines is 2. The number of aromatic nitrogens is 5. The summed E-state index contributed by atoms with van der Waals surface area (Å²) < 4.78 is 7.95. The number of nitrogens with one attached hydrogen (secondary N) is 3. The molecule has 4 rings (SSSR count). The van der Waals surface area contributed by atoms with Crippen LogP contribution in [0.15, 0.2) is 54.1 Å². The predicted octanol–water partition coefficient (Wildman–Crippen LogP) is 2.41. The molecule has 40 heavy (non-hydrogen) atoms. The largest absolute Gasteiger partial charge is 0.381 e. The van der Waals surface area contributed by atoms with E-state index in [2.05, 4.69) is 44.0 Å². The second-order valence-corrected chi connectivity index (χ2v) is 10.2. The number of carbonyl (C=O) groups excluding carboxylic acids is 1. The molecule has 0 radical (unpaired) electrons. The molecule has 12 heteroatoms. The van der Waals surface area contributed by atoms with Crippen molar-refractivity contribution in [2.45, 2.75) is 19.5 Å². The Bertz CT molecular complexity index is 1670. The van der Waals surface area contributed by atoms with E-state index in [9.17, 15) is 9.59 Å². The number of benzene rings is 1. The minimum Gasteiger partial charge on any atom is -0.381 e. The maximum atomic E-state index is 14.0. The van der Waals surface area contributed by atoms with Crippen LogP contribution in [0.3, 0.4) is 0 Å². The lowest BCUT2D eigenvalue weighted by Crippen LogP contribution is -2.34. The van der Waals surface area contributed by atoms with Gasteiger partial charge in [-0.2, -0.15) is 10.2 Å². The van der Waals surface area contributed by atoms with Crippen molar-refractivity contribution >= 4 is 40.3 Å². The quantitative estimate of drug-likeness (QED) is 0.101. The summed E-state index contributed by atoms with van der Waals surface area (Å²) in [5.74, 6) is 7.08.